The van der Waals surface area contributed by atoms with Crippen LogP contribution in [0.1, 0.15) is 0 Å². The fourth-order valence-corrected chi connectivity index (χ4v) is 6.01. The van der Waals surface area contributed by atoms with Crippen molar-refractivity contribution in [1.29, 1.82) is 0 Å². The van der Waals surface area contributed by atoms with E-state index in [0.29, 0.717) is 0 Å². The molecule has 0 radical (unpaired) electrons. The lowest BCUT2D eigenvalue weighted by atomic mass is 9.94. The van der Waals surface area contributed by atoms with Gasteiger partial charge in [0.1, 0.15) is 11.2 Å². The zero-order valence-electron chi connectivity index (χ0n) is 22.9. The molecule has 2 nitrogen and oxygen atoms in total. The Balaban J connectivity index is 1.24. The number of rotatable bonds is 5. The Kier molecular flexibility index (Phi) is 5.82. The summed E-state index contributed by atoms with van der Waals surface area (Å²) in [5.74, 6) is 0. The molecule has 8 aromatic rings. The van der Waals surface area contributed by atoms with Gasteiger partial charge >= 0.3 is 0 Å². The number of nitrogens with zero attached hydrogens (tertiary/aromatic N) is 1. The van der Waals surface area contributed by atoms with Gasteiger partial charge in [-0.25, -0.2) is 0 Å². The molecule has 0 saturated carbocycles. The number of hydrogen-bond acceptors (Lipinski definition) is 2. The molecule has 0 unspecified atom stereocenters. The summed E-state index contributed by atoms with van der Waals surface area (Å²) in [6, 6.07) is 58.0. The van der Waals surface area contributed by atoms with E-state index >= 15 is 0 Å². The van der Waals surface area contributed by atoms with Crippen LogP contribution >= 0.6 is 0 Å². The lowest BCUT2D eigenvalue weighted by Gasteiger charge is -2.26. The first-order valence-electron chi connectivity index (χ1n) is 14.3. The number of furan rings is 1. The van der Waals surface area contributed by atoms with Gasteiger partial charge in [-0.05, 0) is 87.6 Å². The van der Waals surface area contributed by atoms with E-state index in [1.165, 1.54) is 27.6 Å². The van der Waals surface area contributed by atoms with Gasteiger partial charge in [0.25, 0.3) is 0 Å². The smallest absolute Gasteiger partial charge is 0.136 e. The van der Waals surface area contributed by atoms with Crippen LogP contribution in [-0.4, -0.2) is 0 Å². The van der Waals surface area contributed by atoms with Gasteiger partial charge in [0, 0.05) is 27.8 Å². The van der Waals surface area contributed by atoms with E-state index in [4.69, 9.17) is 4.42 Å². The summed E-state index contributed by atoms with van der Waals surface area (Å²) < 4.78 is 6.15. The van der Waals surface area contributed by atoms with Crippen LogP contribution in [0.15, 0.2) is 168 Å². The van der Waals surface area contributed by atoms with Gasteiger partial charge in [-0.15, -0.1) is 0 Å². The molecule has 0 fully saturated rings. The van der Waals surface area contributed by atoms with Crippen LogP contribution in [0.2, 0.25) is 0 Å². The van der Waals surface area contributed by atoms with E-state index < -0.39 is 0 Å². The Morgan fingerprint density at radius 1 is 0.357 bits per heavy atom. The standard InChI is InChI=1S/C40H27NO/c1-3-11-28(12-4-1)35-15-7-8-16-36(35)29-19-22-33(23-20-29)41(32-13-5-2-6-14-32)34-24-21-30-27-40-38(26-31(30)25-34)37-17-9-10-18-39(37)42-40/h1-27H. The largest absolute Gasteiger partial charge is 0.456 e. The highest BCUT2D eigenvalue weighted by Crippen LogP contribution is 2.40. The average Bonchev–Trinajstić information content (AvgIpc) is 3.42. The lowest BCUT2D eigenvalue weighted by Crippen LogP contribution is -2.09. The van der Waals surface area contributed by atoms with Crippen LogP contribution in [-0.2, 0) is 0 Å². The third-order valence-electron chi connectivity index (χ3n) is 8.04. The molecule has 0 aliphatic rings. The molecule has 0 bridgehead atoms. The van der Waals surface area contributed by atoms with Crippen molar-refractivity contribution in [2.75, 3.05) is 4.90 Å². The van der Waals surface area contributed by atoms with Crippen LogP contribution in [0, 0.1) is 0 Å². The highest BCUT2D eigenvalue weighted by atomic mass is 16.3. The minimum Gasteiger partial charge on any atom is -0.456 e. The molecule has 0 aliphatic carbocycles. The number of hydrogen-bond donors (Lipinski definition) is 0. The van der Waals surface area contributed by atoms with E-state index in [2.05, 4.69) is 157 Å². The number of fused-ring (bicyclic) bond motifs is 4. The van der Waals surface area contributed by atoms with Crippen LogP contribution in [0.25, 0.3) is 55.0 Å². The van der Waals surface area contributed by atoms with Gasteiger partial charge in [0.2, 0.25) is 0 Å². The second-order valence-electron chi connectivity index (χ2n) is 10.6. The van der Waals surface area contributed by atoms with Crippen LogP contribution < -0.4 is 4.90 Å². The van der Waals surface area contributed by atoms with E-state index in [9.17, 15) is 0 Å². The maximum Gasteiger partial charge on any atom is 0.136 e. The minimum absolute atomic E-state index is 0.919. The monoisotopic (exact) mass is 537 g/mol. The normalized spacial score (nSPS) is 11.3. The highest BCUT2D eigenvalue weighted by molar-refractivity contribution is 6.10. The van der Waals surface area contributed by atoms with Crippen LogP contribution in [0.5, 0.6) is 0 Å². The Morgan fingerprint density at radius 2 is 0.952 bits per heavy atom. The second kappa shape index (κ2) is 10.1. The van der Waals surface area contributed by atoms with Crippen molar-refractivity contribution in [2.24, 2.45) is 0 Å². The van der Waals surface area contributed by atoms with Crippen molar-refractivity contribution in [3.63, 3.8) is 0 Å². The SMILES string of the molecule is c1ccc(-c2ccccc2-c2ccc(N(c3ccccc3)c3ccc4cc5oc6ccccc6c5cc4c3)cc2)cc1. The first kappa shape index (κ1) is 24.2. The summed E-state index contributed by atoms with van der Waals surface area (Å²) >= 11 is 0. The Morgan fingerprint density at radius 3 is 1.71 bits per heavy atom. The zero-order chi connectivity index (χ0) is 27.9. The zero-order valence-corrected chi connectivity index (χ0v) is 22.9. The molecule has 1 aromatic heterocycles. The molecule has 8 rings (SSSR count). The predicted molar refractivity (Wildman–Crippen MR) is 177 cm³/mol. The molecule has 0 atom stereocenters. The first-order valence-corrected chi connectivity index (χ1v) is 14.3. The Labute approximate surface area is 244 Å². The van der Waals surface area contributed by atoms with E-state index in [1.807, 2.05) is 12.1 Å². The van der Waals surface area contributed by atoms with Gasteiger partial charge in [-0.3, -0.25) is 0 Å². The van der Waals surface area contributed by atoms with E-state index in [1.54, 1.807) is 0 Å². The summed E-state index contributed by atoms with van der Waals surface area (Å²) in [5, 5.41) is 4.63. The molecule has 0 aliphatic heterocycles. The average molecular weight is 538 g/mol. The molecular formula is C40H27NO. The quantitative estimate of drug-likeness (QED) is 0.217. The number of anilines is 3. The van der Waals surface area contributed by atoms with Gasteiger partial charge < -0.3 is 9.32 Å². The maximum absolute atomic E-state index is 6.15. The van der Waals surface area contributed by atoms with E-state index in [-0.39, 0.29) is 0 Å². The molecule has 0 saturated heterocycles. The highest BCUT2D eigenvalue weighted by Gasteiger charge is 2.15. The molecular weight excluding hydrogens is 510 g/mol. The minimum atomic E-state index is 0.919. The van der Waals surface area contributed by atoms with Crippen molar-refractivity contribution < 1.29 is 4.42 Å². The number of para-hydroxylation sites is 2. The number of benzene rings is 7. The molecule has 0 N–H and O–H groups in total. The summed E-state index contributed by atoms with van der Waals surface area (Å²) in [6.07, 6.45) is 0. The van der Waals surface area contributed by atoms with Crippen molar-refractivity contribution in [3.05, 3.63) is 164 Å². The molecule has 0 amide bonds. The topological polar surface area (TPSA) is 16.4 Å². The predicted octanol–water partition coefficient (Wildman–Crippen LogP) is 11.5. The molecule has 7 aromatic carbocycles. The van der Waals surface area contributed by atoms with Gasteiger partial charge in [0.15, 0.2) is 0 Å². The van der Waals surface area contributed by atoms with Crippen molar-refractivity contribution in [3.8, 4) is 22.3 Å². The van der Waals surface area contributed by atoms with Crippen molar-refractivity contribution in [2.45, 2.75) is 0 Å². The lowest BCUT2D eigenvalue weighted by molar-refractivity contribution is 0.669. The Hall–Kier alpha value is -5.60. The Bertz CT molecular complexity index is 2180. The van der Waals surface area contributed by atoms with E-state index in [0.717, 1.165) is 44.4 Å². The summed E-state index contributed by atoms with van der Waals surface area (Å²) in [7, 11) is 0. The van der Waals surface area contributed by atoms with Gasteiger partial charge in [-0.2, -0.15) is 0 Å². The van der Waals surface area contributed by atoms with Crippen molar-refractivity contribution >= 4 is 49.8 Å². The first-order chi connectivity index (χ1) is 20.8. The van der Waals surface area contributed by atoms with Gasteiger partial charge in [-0.1, -0.05) is 109 Å². The summed E-state index contributed by atoms with van der Waals surface area (Å²) in [6.45, 7) is 0. The second-order valence-corrected chi connectivity index (χ2v) is 10.6. The molecule has 2 heteroatoms. The molecule has 0 spiro atoms. The maximum atomic E-state index is 6.15. The fraction of sp³-hybridized carbons (Fsp3) is 0. The van der Waals surface area contributed by atoms with Gasteiger partial charge in [0.05, 0.1) is 0 Å². The molecule has 42 heavy (non-hydrogen) atoms. The molecule has 198 valence electrons. The summed E-state index contributed by atoms with van der Waals surface area (Å²) in [5.41, 5.74) is 10.0. The fourth-order valence-electron chi connectivity index (χ4n) is 6.01. The van der Waals surface area contributed by atoms with Crippen LogP contribution in [0.3, 0.4) is 0 Å². The van der Waals surface area contributed by atoms with Crippen LogP contribution in [0.4, 0.5) is 17.1 Å². The third kappa shape index (κ3) is 4.22. The summed E-state index contributed by atoms with van der Waals surface area (Å²) in [4.78, 5) is 2.32. The molecule has 1 heterocycles. The third-order valence-corrected chi connectivity index (χ3v) is 8.04. The van der Waals surface area contributed by atoms with Crippen molar-refractivity contribution in [1.82, 2.24) is 0 Å².